The molecule has 18 heavy (non-hydrogen) atoms. The zero-order valence-corrected chi connectivity index (χ0v) is 11.6. The second kappa shape index (κ2) is 11.0. The minimum Gasteiger partial charge on any atom is -0.550 e. The molecule has 100 valence electrons. The van der Waals surface area contributed by atoms with Crippen molar-refractivity contribution in [3.63, 3.8) is 0 Å². The third-order valence-electron chi connectivity index (χ3n) is 1.35. The van der Waals surface area contributed by atoms with Crippen molar-refractivity contribution in [2.24, 2.45) is 0 Å². The molecule has 0 aliphatic carbocycles. The van der Waals surface area contributed by atoms with Crippen LogP contribution in [0, 0.1) is 0 Å². The Morgan fingerprint density at radius 1 is 0.889 bits per heavy atom. The van der Waals surface area contributed by atoms with Crippen molar-refractivity contribution in [3.05, 3.63) is 0 Å². The van der Waals surface area contributed by atoms with E-state index in [2.05, 4.69) is 0 Å². The van der Waals surface area contributed by atoms with Crippen LogP contribution in [0.5, 0.6) is 0 Å². The summed E-state index contributed by atoms with van der Waals surface area (Å²) in [6, 6.07) is 0. The van der Waals surface area contributed by atoms with E-state index in [1.807, 2.05) is 0 Å². The number of aliphatic carboxylic acids is 3. The average molecular weight is 321 g/mol. The number of carbonyl (C=O) groups excluding carboxylic acids is 3. The molecule has 0 unspecified atom stereocenters. The molecule has 0 aromatic rings. The molecule has 0 aliphatic rings. The smallest absolute Gasteiger partial charge is 0.550 e. The molecule has 0 spiro atoms. The van der Waals surface area contributed by atoms with E-state index in [4.69, 9.17) is 15.3 Å². The third kappa shape index (κ3) is 11.4. The Morgan fingerprint density at radius 2 is 1.17 bits per heavy atom. The summed E-state index contributed by atoms with van der Waals surface area (Å²) < 4.78 is 0. The van der Waals surface area contributed by atoms with Crippen LogP contribution in [0.4, 0.5) is 0 Å². The van der Waals surface area contributed by atoms with Crippen LogP contribution < -0.4 is 15.3 Å². The number of carboxylic acids is 3. The van der Waals surface area contributed by atoms with Gasteiger partial charge in [-0.1, -0.05) is 0 Å². The molecule has 0 fully saturated rings. The molecule has 0 saturated carbocycles. The molecule has 0 aromatic heterocycles. The molecule has 0 rings (SSSR count). The number of hydrogen-bond acceptors (Lipinski definition) is 9. The van der Waals surface area contributed by atoms with Crippen LogP contribution in [0.2, 0.25) is 0 Å². The topological polar surface area (TPSA) is 181 Å². The van der Waals surface area contributed by atoms with Crippen LogP contribution >= 0.6 is 0 Å². The first kappa shape index (κ1) is 22.1. The van der Waals surface area contributed by atoms with E-state index in [9.17, 15) is 29.7 Å². The van der Waals surface area contributed by atoms with E-state index in [1.54, 1.807) is 0 Å². The van der Waals surface area contributed by atoms with Gasteiger partial charge in [-0.15, -0.1) is 0 Å². The number of carbonyl (C=O) groups is 3. The van der Waals surface area contributed by atoms with Crippen LogP contribution in [-0.4, -0.2) is 71.8 Å². The van der Waals surface area contributed by atoms with E-state index >= 15 is 0 Å². The Morgan fingerprint density at radius 3 is 1.28 bits per heavy atom. The maximum atomic E-state index is 10.1. The average Bonchev–Trinajstić information content (AvgIpc) is 2.15. The molecular formula is C8H11GaO9. The summed E-state index contributed by atoms with van der Waals surface area (Å²) in [5, 5.41) is 54.2. The molecule has 0 aromatic carbocycles. The van der Waals surface area contributed by atoms with Crippen LogP contribution in [0.3, 0.4) is 0 Å². The third-order valence-corrected chi connectivity index (χ3v) is 1.35. The Labute approximate surface area is 115 Å². The first-order chi connectivity index (χ1) is 7.69. The van der Waals surface area contributed by atoms with Crippen LogP contribution in [0.15, 0.2) is 0 Å². The molecule has 10 heteroatoms. The predicted molar refractivity (Wildman–Crippen MR) is 49.1 cm³/mol. The maximum Gasteiger partial charge on any atom is 3.00 e. The zero-order chi connectivity index (χ0) is 14.1. The van der Waals surface area contributed by atoms with E-state index in [1.165, 1.54) is 0 Å². The maximum absolute atomic E-state index is 10.1. The molecule has 0 aliphatic heterocycles. The van der Waals surface area contributed by atoms with Crippen molar-refractivity contribution in [1.29, 1.82) is 0 Å². The molecule has 0 atom stereocenters. The summed E-state index contributed by atoms with van der Waals surface area (Å²) in [4.78, 5) is 30.0. The summed E-state index contributed by atoms with van der Waals surface area (Å²) in [5.41, 5.74) is -2.97. The monoisotopic (exact) mass is 320 g/mol. The largest absolute Gasteiger partial charge is 3.00 e. The Kier molecular flexibility index (Phi) is 13.6. The zero-order valence-electron chi connectivity index (χ0n) is 9.20. The fraction of sp³-hybridized carbons (Fsp3) is 0.625. The number of hydrogen-bond donors (Lipinski definition) is 3. The number of aliphatic hydroxyl groups excluding tert-OH is 2. The van der Waals surface area contributed by atoms with Gasteiger partial charge in [-0.25, -0.2) is 0 Å². The van der Waals surface area contributed by atoms with Gasteiger partial charge in [0.1, 0.15) is 5.60 Å². The minimum atomic E-state index is -2.97. The van der Waals surface area contributed by atoms with Crippen LogP contribution in [0.1, 0.15) is 12.8 Å². The first-order valence-electron chi connectivity index (χ1n) is 4.25. The Hall–Kier alpha value is -1.07. The summed E-state index contributed by atoms with van der Waals surface area (Å²) in [6.45, 7) is -0.250. The number of rotatable bonds is 6. The molecule has 0 saturated heterocycles. The SMILES string of the molecule is O=C([O-])CC(O)(CC(=O)[O-])C(=O)[O-].OCCO.[Ga+3]. The van der Waals surface area contributed by atoms with Crippen molar-refractivity contribution < 1.29 is 45.0 Å². The quantitative estimate of drug-likeness (QED) is 0.400. The van der Waals surface area contributed by atoms with Gasteiger partial charge >= 0.3 is 19.8 Å². The molecule has 0 radical (unpaired) electrons. The normalized spacial score (nSPS) is 9.50. The second-order valence-corrected chi connectivity index (χ2v) is 2.86. The van der Waals surface area contributed by atoms with E-state index in [0.717, 1.165) is 0 Å². The Bertz CT molecular complexity index is 260. The van der Waals surface area contributed by atoms with Gasteiger partial charge in [0.2, 0.25) is 0 Å². The van der Waals surface area contributed by atoms with E-state index in [0.29, 0.717) is 0 Å². The molecule has 0 amide bonds. The molecule has 3 N–H and O–H groups in total. The molecular weight excluding hydrogens is 310 g/mol. The van der Waals surface area contributed by atoms with E-state index in [-0.39, 0.29) is 33.0 Å². The predicted octanol–water partition coefficient (Wildman–Crippen LogP) is -6.66. The molecule has 0 bridgehead atoms. The summed E-state index contributed by atoms with van der Waals surface area (Å²) in [5.74, 6) is -5.98. The summed E-state index contributed by atoms with van der Waals surface area (Å²) in [7, 11) is 0. The minimum absolute atomic E-state index is 0. The van der Waals surface area contributed by atoms with Gasteiger partial charge < -0.3 is 45.0 Å². The second-order valence-electron chi connectivity index (χ2n) is 2.86. The molecule has 9 nitrogen and oxygen atoms in total. The molecule has 0 heterocycles. The van der Waals surface area contributed by atoms with Crippen molar-refractivity contribution in [3.8, 4) is 0 Å². The van der Waals surface area contributed by atoms with Gasteiger partial charge in [0, 0.05) is 24.8 Å². The van der Waals surface area contributed by atoms with Crippen molar-refractivity contribution >= 4 is 37.7 Å². The van der Waals surface area contributed by atoms with Gasteiger partial charge in [0.15, 0.2) is 0 Å². The van der Waals surface area contributed by atoms with Crippen molar-refractivity contribution in [2.45, 2.75) is 18.4 Å². The van der Waals surface area contributed by atoms with Crippen molar-refractivity contribution in [2.75, 3.05) is 13.2 Å². The number of carboxylic acid groups (broad SMARTS) is 3. The standard InChI is InChI=1S/C6H8O7.C2H6O2.Ga/c7-3(8)1-6(13,5(11)12)2-4(9)10;3-1-2-4;/h13H,1-2H2,(H,7,8)(H,9,10)(H,11,12);3-4H,1-2H2;/q;;+3/p-3. The van der Waals surface area contributed by atoms with Crippen LogP contribution in [-0.2, 0) is 14.4 Å². The first-order valence-corrected chi connectivity index (χ1v) is 4.25. The van der Waals surface area contributed by atoms with Gasteiger partial charge in [-0.3, -0.25) is 0 Å². The van der Waals surface area contributed by atoms with Gasteiger partial charge in [-0.05, 0) is 0 Å². The number of aliphatic hydroxyl groups is 3. The van der Waals surface area contributed by atoms with E-state index < -0.39 is 36.4 Å². The fourth-order valence-corrected chi connectivity index (χ4v) is 0.684. The van der Waals surface area contributed by atoms with Gasteiger partial charge in [0.25, 0.3) is 0 Å². The fourth-order valence-electron chi connectivity index (χ4n) is 0.684. The Balaban J connectivity index is -0.000000392. The summed E-state index contributed by atoms with van der Waals surface area (Å²) in [6.07, 6.45) is -2.72. The van der Waals surface area contributed by atoms with Gasteiger partial charge in [0.05, 0.1) is 19.2 Å². The van der Waals surface area contributed by atoms with Crippen LogP contribution in [0.25, 0.3) is 0 Å². The van der Waals surface area contributed by atoms with Crippen molar-refractivity contribution in [1.82, 2.24) is 0 Å². The summed E-state index contributed by atoms with van der Waals surface area (Å²) >= 11 is 0. The van der Waals surface area contributed by atoms with Gasteiger partial charge in [-0.2, -0.15) is 0 Å².